The molecular formula is C16H31N3. The van der Waals surface area contributed by atoms with Crippen molar-refractivity contribution in [3.05, 3.63) is 17.5 Å². The summed E-state index contributed by atoms with van der Waals surface area (Å²) >= 11 is 0. The first-order valence-electron chi connectivity index (χ1n) is 7.81. The highest BCUT2D eigenvalue weighted by molar-refractivity contribution is 5.11. The molecule has 0 aliphatic carbocycles. The van der Waals surface area contributed by atoms with Crippen LogP contribution in [0.15, 0.2) is 6.07 Å². The van der Waals surface area contributed by atoms with E-state index in [1.54, 1.807) is 0 Å². The second kappa shape index (κ2) is 8.36. The van der Waals surface area contributed by atoms with E-state index >= 15 is 0 Å². The lowest BCUT2D eigenvalue weighted by molar-refractivity contribution is 0.420. The largest absolute Gasteiger partial charge is 0.314 e. The Kier molecular flexibility index (Phi) is 7.14. The van der Waals surface area contributed by atoms with Gasteiger partial charge in [-0.25, -0.2) is 0 Å². The summed E-state index contributed by atoms with van der Waals surface area (Å²) in [5.41, 5.74) is 2.56. The Morgan fingerprint density at radius 3 is 2.53 bits per heavy atom. The molecule has 1 aromatic heterocycles. The van der Waals surface area contributed by atoms with Crippen LogP contribution >= 0.6 is 0 Å². The smallest absolute Gasteiger partial charge is 0.0624 e. The van der Waals surface area contributed by atoms with Gasteiger partial charge in [0.2, 0.25) is 0 Å². The minimum Gasteiger partial charge on any atom is -0.314 e. The number of hydrogen-bond acceptors (Lipinski definition) is 2. The standard InChI is InChI=1S/C16H31N3/c1-6-10-17-15(9-8-13(3)4)12-16-11-14(7-2)18-19(16)5/h11,13,15,17H,6-10,12H2,1-5H3. The summed E-state index contributed by atoms with van der Waals surface area (Å²) in [6.45, 7) is 10.1. The van der Waals surface area contributed by atoms with Gasteiger partial charge in [-0.3, -0.25) is 4.68 Å². The number of hydrogen-bond donors (Lipinski definition) is 1. The molecule has 0 amide bonds. The van der Waals surface area contributed by atoms with Crippen LogP contribution in [0, 0.1) is 5.92 Å². The molecule has 0 saturated heterocycles. The molecule has 19 heavy (non-hydrogen) atoms. The first-order chi connectivity index (χ1) is 9.06. The molecule has 1 aromatic rings. The predicted octanol–water partition coefficient (Wildman–Crippen LogP) is 3.33. The summed E-state index contributed by atoms with van der Waals surface area (Å²) in [5, 5.41) is 8.23. The molecule has 3 nitrogen and oxygen atoms in total. The quantitative estimate of drug-likeness (QED) is 0.742. The van der Waals surface area contributed by atoms with E-state index in [1.165, 1.54) is 30.7 Å². The highest BCUT2D eigenvalue weighted by atomic mass is 15.3. The molecule has 0 fully saturated rings. The average molecular weight is 265 g/mol. The minimum absolute atomic E-state index is 0.586. The van der Waals surface area contributed by atoms with Crippen LogP contribution in [-0.4, -0.2) is 22.4 Å². The second-order valence-corrected chi connectivity index (χ2v) is 5.93. The van der Waals surface area contributed by atoms with Crippen LogP contribution in [0.3, 0.4) is 0 Å². The second-order valence-electron chi connectivity index (χ2n) is 5.93. The molecule has 1 atom stereocenters. The highest BCUT2D eigenvalue weighted by Gasteiger charge is 2.13. The van der Waals surface area contributed by atoms with Gasteiger partial charge in [0.15, 0.2) is 0 Å². The Morgan fingerprint density at radius 1 is 1.26 bits per heavy atom. The van der Waals surface area contributed by atoms with Crippen LogP contribution in [0.2, 0.25) is 0 Å². The van der Waals surface area contributed by atoms with Crippen molar-refractivity contribution in [3.63, 3.8) is 0 Å². The lowest BCUT2D eigenvalue weighted by atomic mass is 9.99. The molecule has 0 radical (unpaired) electrons. The third kappa shape index (κ3) is 5.77. The molecule has 110 valence electrons. The molecular weight excluding hydrogens is 234 g/mol. The van der Waals surface area contributed by atoms with Crippen molar-refractivity contribution >= 4 is 0 Å². The third-order valence-corrected chi connectivity index (χ3v) is 3.62. The van der Waals surface area contributed by atoms with E-state index in [0.29, 0.717) is 6.04 Å². The van der Waals surface area contributed by atoms with Crippen molar-refractivity contribution in [2.45, 2.75) is 65.8 Å². The van der Waals surface area contributed by atoms with Crippen LogP contribution in [0.1, 0.15) is 58.3 Å². The number of aromatic nitrogens is 2. The lowest BCUT2D eigenvalue weighted by Gasteiger charge is -2.19. The van der Waals surface area contributed by atoms with E-state index in [0.717, 1.165) is 25.3 Å². The first kappa shape index (κ1) is 16.2. The Labute approximate surface area is 118 Å². The van der Waals surface area contributed by atoms with Crippen LogP contribution in [0.5, 0.6) is 0 Å². The molecule has 1 rings (SSSR count). The fourth-order valence-corrected chi connectivity index (χ4v) is 2.35. The van der Waals surface area contributed by atoms with Gasteiger partial charge in [-0.05, 0) is 44.2 Å². The van der Waals surface area contributed by atoms with E-state index < -0.39 is 0 Å². The van der Waals surface area contributed by atoms with E-state index in [4.69, 9.17) is 0 Å². The molecule has 1 unspecified atom stereocenters. The van der Waals surface area contributed by atoms with Crippen molar-refractivity contribution in [2.75, 3.05) is 6.54 Å². The van der Waals surface area contributed by atoms with Crippen LogP contribution in [0.25, 0.3) is 0 Å². The fourth-order valence-electron chi connectivity index (χ4n) is 2.35. The summed E-state index contributed by atoms with van der Waals surface area (Å²) in [6, 6.07) is 2.85. The lowest BCUT2D eigenvalue weighted by Crippen LogP contribution is -2.32. The molecule has 1 heterocycles. The first-order valence-corrected chi connectivity index (χ1v) is 7.81. The average Bonchev–Trinajstić information content (AvgIpc) is 2.73. The minimum atomic E-state index is 0.586. The maximum Gasteiger partial charge on any atom is 0.0624 e. The Balaban J connectivity index is 2.60. The van der Waals surface area contributed by atoms with Crippen molar-refractivity contribution < 1.29 is 0 Å². The maximum atomic E-state index is 4.55. The zero-order chi connectivity index (χ0) is 14.3. The molecule has 0 bridgehead atoms. The molecule has 0 aliphatic heterocycles. The summed E-state index contributed by atoms with van der Waals surface area (Å²) in [7, 11) is 2.06. The summed E-state index contributed by atoms with van der Waals surface area (Å²) < 4.78 is 2.05. The predicted molar refractivity (Wildman–Crippen MR) is 82.4 cm³/mol. The summed E-state index contributed by atoms with van der Waals surface area (Å²) in [5.74, 6) is 0.781. The SMILES string of the molecule is CCCNC(CCC(C)C)Cc1cc(CC)nn1C. The molecule has 3 heteroatoms. The van der Waals surface area contributed by atoms with E-state index in [2.05, 4.69) is 55.9 Å². The van der Waals surface area contributed by atoms with Gasteiger partial charge in [0.05, 0.1) is 5.69 Å². The molecule has 1 N–H and O–H groups in total. The van der Waals surface area contributed by atoms with Gasteiger partial charge in [-0.2, -0.15) is 5.10 Å². The molecule has 0 spiro atoms. The van der Waals surface area contributed by atoms with Crippen LogP contribution in [0.4, 0.5) is 0 Å². The Morgan fingerprint density at radius 2 is 2.00 bits per heavy atom. The Hall–Kier alpha value is -0.830. The number of aryl methyl sites for hydroxylation is 2. The van der Waals surface area contributed by atoms with Gasteiger partial charge in [0.1, 0.15) is 0 Å². The van der Waals surface area contributed by atoms with E-state index in [-0.39, 0.29) is 0 Å². The summed E-state index contributed by atoms with van der Waals surface area (Å²) in [6.07, 6.45) is 5.86. The van der Waals surface area contributed by atoms with Gasteiger partial charge < -0.3 is 5.32 Å². The van der Waals surface area contributed by atoms with Crippen LogP contribution in [-0.2, 0) is 19.9 Å². The van der Waals surface area contributed by atoms with Crippen molar-refractivity contribution in [2.24, 2.45) is 13.0 Å². The van der Waals surface area contributed by atoms with E-state index in [1.807, 2.05) is 0 Å². The summed E-state index contributed by atoms with van der Waals surface area (Å²) in [4.78, 5) is 0. The highest BCUT2D eigenvalue weighted by Crippen LogP contribution is 2.13. The number of rotatable bonds is 9. The zero-order valence-corrected chi connectivity index (χ0v) is 13.4. The Bertz CT molecular complexity index is 355. The topological polar surface area (TPSA) is 29.9 Å². The van der Waals surface area contributed by atoms with Gasteiger partial charge in [0.25, 0.3) is 0 Å². The van der Waals surface area contributed by atoms with Crippen molar-refractivity contribution in [3.8, 4) is 0 Å². The molecule has 0 saturated carbocycles. The molecule has 0 aliphatic rings. The normalized spacial score (nSPS) is 13.2. The monoisotopic (exact) mass is 265 g/mol. The van der Waals surface area contributed by atoms with Crippen molar-refractivity contribution in [1.29, 1.82) is 0 Å². The fraction of sp³-hybridized carbons (Fsp3) is 0.812. The van der Waals surface area contributed by atoms with Gasteiger partial charge >= 0.3 is 0 Å². The van der Waals surface area contributed by atoms with Crippen LogP contribution < -0.4 is 5.32 Å². The van der Waals surface area contributed by atoms with E-state index in [9.17, 15) is 0 Å². The van der Waals surface area contributed by atoms with Gasteiger partial charge in [-0.15, -0.1) is 0 Å². The van der Waals surface area contributed by atoms with Gasteiger partial charge in [0, 0.05) is 25.2 Å². The van der Waals surface area contributed by atoms with Gasteiger partial charge in [-0.1, -0.05) is 27.7 Å². The number of nitrogens with one attached hydrogen (secondary N) is 1. The maximum absolute atomic E-state index is 4.55. The van der Waals surface area contributed by atoms with Crippen molar-refractivity contribution in [1.82, 2.24) is 15.1 Å². The zero-order valence-electron chi connectivity index (χ0n) is 13.4. The third-order valence-electron chi connectivity index (χ3n) is 3.62. The number of nitrogens with zero attached hydrogens (tertiary/aromatic N) is 2. The molecule has 0 aromatic carbocycles.